The number of ether oxygens (including phenoxy) is 1. The number of carbonyl (C=O) groups excluding carboxylic acids is 2. The summed E-state index contributed by atoms with van der Waals surface area (Å²) in [7, 11) is -2.58. The van der Waals surface area contributed by atoms with Gasteiger partial charge in [-0.25, -0.2) is 8.42 Å². The van der Waals surface area contributed by atoms with Crippen LogP contribution in [0.1, 0.15) is 26.3 Å². The van der Waals surface area contributed by atoms with E-state index in [0.29, 0.717) is 22.2 Å². The molecular formula is C24H30Cl3N3O5S. The molecule has 0 bridgehead atoms. The zero-order chi connectivity index (χ0) is 27.2. The minimum atomic E-state index is -3.96. The summed E-state index contributed by atoms with van der Waals surface area (Å²) in [5, 5.41) is 3.69. The molecule has 0 aliphatic heterocycles. The molecule has 2 amide bonds. The van der Waals surface area contributed by atoms with Gasteiger partial charge in [0.1, 0.15) is 18.3 Å². The fraction of sp³-hybridized carbons (Fsp3) is 0.417. The van der Waals surface area contributed by atoms with Crippen LogP contribution in [-0.2, 0) is 26.2 Å². The normalized spacial score (nSPS) is 12.2. The second kappa shape index (κ2) is 12.9. The summed E-state index contributed by atoms with van der Waals surface area (Å²) < 4.78 is 31.7. The van der Waals surface area contributed by atoms with E-state index < -0.39 is 34.4 Å². The third-order valence-electron chi connectivity index (χ3n) is 5.33. The molecule has 0 aliphatic carbocycles. The molecule has 0 aromatic heterocycles. The minimum Gasteiger partial charge on any atom is -0.495 e. The monoisotopic (exact) mass is 577 g/mol. The molecule has 0 saturated carbocycles. The smallest absolute Gasteiger partial charge is 0.244 e. The lowest BCUT2D eigenvalue weighted by Gasteiger charge is -2.32. The van der Waals surface area contributed by atoms with Crippen LogP contribution in [0.3, 0.4) is 0 Å². The van der Waals surface area contributed by atoms with Crippen LogP contribution in [0.4, 0.5) is 5.69 Å². The van der Waals surface area contributed by atoms with Gasteiger partial charge in [-0.15, -0.1) is 0 Å². The lowest BCUT2D eigenvalue weighted by Crippen LogP contribution is -2.51. The number of benzene rings is 2. The highest BCUT2D eigenvalue weighted by atomic mass is 35.5. The van der Waals surface area contributed by atoms with Crippen LogP contribution < -0.4 is 14.4 Å². The molecule has 0 aliphatic rings. The Morgan fingerprint density at radius 3 is 2.19 bits per heavy atom. The maximum Gasteiger partial charge on any atom is 0.244 e. The zero-order valence-electron chi connectivity index (χ0n) is 20.7. The number of anilines is 1. The molecule has 0 saturated heterocycles. The second-order valence-corrected chi connectivity index (χ2v) is 11.8. The van der Waals surface area contributed by atoms with Gasteiger partial charge in [0.2, 0.25) is 21.8 Å². The Bertz CT molecular complexity index is 1190. The Hall–Kier alpha value is -2.20. The molecular weight excluding hydrogens is 549 g/mol. The van der Waals surface area contributed by atoms with Gasteiger partial charge in [-0.05, 0) is 43.2 Å². The first kappa shape index (κ1) is 30.0. The number of nitrogens with zero attached hydrogens (tertiary/aromatic N) is 2. The lowest BCUT2D eigenvalue weighted by molar-refractivity contribution is -0.139. The fourth-order valence-electron chi connectivity index (χ4n) is 3.34. The van der Waals surface area contributed by atoms with E-state index in [4.69, 9.17) is 39.5 Å². The van der Waals surface area contributed by atoms with Crippen LogP contribution in [0.25, 0.3) is 0 Å². The molecule has 0 radical (unpaired) electrons. The number of sulfonamides is 1. The van der Waals surface area contributed by atoms with Gasteiger partial charge in [-0.2, -0.15) is 0 Å². The van der Waals surface area contributed by atoms with Gasteiger partial charge in [-0.3, -0.25) is 13.9 Å². The molecule has 8 nitrogen and oxygen atoms in total. The Morgan fingerprint density at radius 2 is 1.67 bits per heavy atom. The number of methoxy groups -OCH3 is 1. The van der Waals surface area contributed by atoms with E-state index >= 15 is 0 Å². The third kappa shape index (κ3) is 7.90. The molecule has 0 heterocycles. The van der Waals surface area contributed by atoms with E-state index in [-0.39, 0.29) is 28.9 Å². The standard InChI is InChI=1S/C24H30Cl3N3O5S/c1-15(2)12-28-24(32)16(3)29(13-18-19(26)7-6-8-20(18)27)23(31)14-30(36(5,33)34)21-11-17(25)9-10-22(21)35-4/h6-11,15-16H,12-14H2,1-5H3,(H,28,32)/t16-/m0/s1. The molecule has 12 heteroatoms. The summed E-state index contributed by atoms with van der Waals surface area (Å²) >= 11 is 18.8. The zero-order valence-corrected chi connectivity index (χ0v) is 23.8. The van der Waals surface area contributed by atoms with Crippen LogP contribution >= 0.6 is 34.8 Å². The number of halogens is 3. The number of amides is 2. The fourth-order valence-corrected chi connectivity index (χ4v) is 4.87. The molecule has 0 spiro atoms. The Morgan fingerprint density at radius 1 is 1.06 bits per heavy atom. The lowest BCUT2D eigenvalue weighted by atomic mass is 10.1. The predicted octanol–water partition coefficient (Wildman–Crippen LogP) is 4.61. The van der Waals surface area contributed by atoms with Crippen molar-refractivity contribution in [1.29, 1.82) is 0 Å². The van der Waals surface area contributed by atoms with Gasteiger partial charge in [0.25, 0.3) is 0 Å². The molecule has 2 aromatic carbocycles. The van der Waals surface area contributed by atoms with Crippen molar-refractivity contribution in [2.75, 3.05) is 30.8 Å². The van der Waals surface area contributed by atoms with Crippen molar-refractivity contribution >= 4 is 62.3 Å². The summed E-state index contributed by atoms with van der Waals surface area (Å²) in [6, 6.07) is 8.39. The average Bonchev–Trinajstić information content (AvgIpc) is 2.79. The SMILES string of the molecule is COc1ccc(Cl)cc1N(CC(=O)N(Cc1c(Cl)cccc1Cl)[C@@H](C)C(=O)NCC(C)C)S(C)(=O)=O. The van der Waals surface area contributed by atoms with Gasteiger partial charge >= 0.3 is 0 Å². The second-order valence-electron chi connectivity index (χ2n) is 8.62. The summed E-state index contributed by atoms with van der Waals surface area (Å²) in [5.74, 6) is -0.641. The number of hydrogen-bond acceptors (Lipinski definition) is 5. The van der Waals surface area contributed by atoms with Crippen molar-refractivity contribution in [3.63, 3.8) is 0 Å². The number of hydrogen-bond donors (Lipinski definition) is 1. The average molecular weight is 579 g/mol. The maximum atomic E-state index is 13.6. The quantitative estimate of drug-likeness (QED) is 0.420. The van der Waals surface area contributed by atoms with Crippen molar-refractivity contribution in [1.82, 2.24) is 10.2 Å². The largest absolute Gasteiger partial charge is 0.495 e. The van der Waals surface area contributed by atoms with E-state index in [1.54, 1.807) is 31.2 Å². The van der Waals surface area contributed by atoms with E-state index in [2.05, 4.69) is 5.32 Å². The van der Waals surface area contributed by atoms with Gasteiger partial charge in [0, 0.05) is 33.7 Å². The van der Waals surface area contributed by atoms with E-state index in [0.717, 1.165) is 10.6 Å². The third-order valence-corrected chi connectivity index (χ3v) is 7.40. The van der Waals surface area contributed by atoms with Gasteiger partial charge < -0.3 is 15.0 Å². The maximum absolute atomic E-state index is 13.6. The van der Waals surface area contributed by atoms with Crippen LogP contribution in [0, 0.1) is 5.92 Å². The number of rotatable bonds is 11. The summed E-state index contributed by atoms with van der Waals surface area (Å²) in [6.45, 7) is 5.13. The van der Waals surface area contributed by atoms with Gasteiger partial charge in [-0.1, -0.05) is 54.7 Å². The Balaban J connectivity index is 2.50. The minimum absolute atomic E-state index is 0.0912. The Kier molecular flexibility index (Phi) is 10.7. The van der Waals surface area contributed by atoms with Crippen LogP contribution in [-0.4, -0.2) is 57.6 Å². The highest BCUT2D eigenvalue weighted by molar-refractivity contribution is 7.92. The molecule has 1 atom stereocenters. The van der Waals surface area contributed by atoms with Crippen molar-refractivity contribution < 1.29 is 22.7 Å². The predicted molar refractivity (Wildman–Crippen MR) is 145 cm³/mol. The van der Waals surface area contributed by atoms with Crippen molar-refractivity contribution in [2.45, 2.75) is 33.4 Å². The van der Waals surface area contributed by atoms with E-state index in [9.17, 15) is 18.0 Å². The molecule has 0 fully saturated rings. The molecule has 0 unspecified atom stereocenters. The highest BCUT2D eigenvalue weighted by Gasteiger charge is 2.32. The van der Waals surface area contributed by atoms with Crippen molar-refractivity contribution in [2.24, 2.45) is 5.92 Å². The first-order chi connectivity index (χ1) is 16.8. The molecule has 2 rings (SSSR count). The summed E-state index contributed by atoms with van der Waals surface area (Å²) in [5.41, 5.74) is 0.525. The number of nitrogens with one attached hydrogen (secondary N) is 1. The first-order valence-corrected chi connectivity index (χ1v) is 14.1. The van der Waals surface area contributed by atoms with E-state index in [1.165, 1.54) is 24.1 Å². The van der Waals surface area contributed by atoms with Crippen LogP contribution in [0.2, 0.25) is 15.1 Å². The van der Waals surface area contributed by atoms with Crippen molar-refractivity contribution in [3.05, 3.63) is 57.0 Å². The van der Waals surface area contributed by atoms with Gasteiger partial charge in [0.05, 0.1) is 19.1 Å². The van der Waals surface area contributed by atoms with Crippen LogP contribution in [0.5, 0.6) is 5.75 Å². The number of carbonyl (C=O) groups is 2. The Labute approximate surface area is 227 Å². The molecule has 1 N–H and O–H groups in total. The van der Waals surface area contributed by atoms with Crippen molar-refractivity contribution in [3.8, 4) is 5.75 Å². The van der Waals surface area contributed by atoms with E-state index in [1.807, 2.05) is 13.8 Å². The molecule has 2 aromatic rings. The summed E-state index contributed by atoms with van der Waals surface area (Å²) in [6.07, 6.45) is 0.967. The van der Waals surface area contributed by atoms with Gasteiger partial charge in [0.15, 0.2) is 0 Å². The summed E-state index contributed by atoms with van der Waals surface area (Å²) in [4.78, 5) is 27.8. The van der Waals surface area contributed by atoms with Crippen LogP contribution in [0.15, 0.2) is 36.4 Å². The molecule has 36 heavy (non-hydrogen) atoms. The highest BCUT2D eigenvalue weighted by Crippen LogP contribution is 2.33. The first-order valence-electron chi connectivity index (χ1n) is 11.1. The molecule has 198 valence electrons. The topological polar surface area (TPSA) is 96.0 Å².